The van der Waals surface area contributed by atoms with Crippen molar-refractivity contribution in [1.82, 2.24) is 25.9 Å². The number of carbonyl (C=O) groups is 3. The summed E-state index contributed by atoms with van der Waals surface area (Å²) < 4.78 is 0. The summed E-state index contributed by atoms with van der Waals surface area (Å²) in [6.07, 6.45) is 4.78. The SMILES string of the molecule is CC(C)C[C@@H](NC(=O)[C@H](Cc1ccccc1)NC(=O)[C@H](Cc1ccccc1)NC(=O)c1cnccn1)B(O)O. The van der Waals surface area contributed by atoms with E-state index in [1.54, 1.807) is 0 Å². The lowest BCUT2D eigenvalue weighted by atomic mass is 9.75. The van der Waals surface area contributed by atoms with Crippen LogP contribution in [0.2, 0.25) is 0 Å². The van der Waals surface area contributed by atoms with Crippen LogP contribution in [-0.4, -0.2) is 62.9 Å². The Morgan fingerprint density at radius 3 is 1.82 bits per heavy atom. The fourth-order valence-corrected chi connectivity index (χ4v) is 4.09. The van der Waals surface area contributed by atoms with Crippen LogP contribution in [0.15, 0.2) is 79.3 Å². The minimum absolute atomic E-state index is 0.0513. The molecule has 10 nitrogen and oxygen atoms in total. The Hall–Kier alpha value is -4.09. The van der Waals surface area contributed by atoms with Gasteiger partial charge in [-0.3, -0.25) is 19.4 Å². The fourth-order valence-electron chi connectivity index (χ4n) is 4.09. The Morgan fingerprint density at radius 1 is 0.795 bits per heavy atom. The summed E-state index contributed by atoms with van der Waals surface area (Å²) in [5, 5.41) is 27.8. The van der Waals surface area contributed by atoms with E-state index in [2.05, 4.69) is 25.9 Å². The molecule has 2 aromatic carbocycles. The molecule has 39 heavy (non-hydrogen) atoms. The smallest absolute Gasteiger partial charge is 0.426 e. The van der Waals surface area contributed by atoms with Crippen molar-refractivity contribution in [1.29, 1.82) is 0 Å². The minimum Gasteiger partial charge on any atom is -0.426 e. The summed E-state index contributed by atoms with van der Waals surface area (Å²) in [5.74, 6) is -2.54. The van der Waals surface area contributed by atoms with Gasteiger partial charge >= 0.3 is 7.12 Å². The van der Waals surface area contributed by atoms with Crippen LogP contribution in [-0.2, 0) is 22.4 Å². The molecular weight excluding hydrogens is 497 g/mol. The van der Waals surface area contributed by atoms with Crippen molar-refractivity contribution in [3.63, 3.8) is 0 Å². The minimum atomic E-state index is -1.76. The molecule has 0 radical (unpaired) electrons. The van der Waals surface area contributed by atoms with Crippen molar-refractivity contribution in [2.45, 2.75) is 51.1 Å². The first-order valence-corrected chi connectivity index (χ1v) is 12.8. The number of rotatable bonds is 13. The van der Waals surface area contributed by atoms with Crippen molar-refractivity contribution in [2.75, 3.05) is 0 Å². The Kier molecular flexibility index (Phi) is 11.1. The largest absolute Gasteiger partial charge is 0.475 e. The number of hydrogen-bond acceptors (Lipinski definition) is 7. The maximum atomic E-state index is 13.6. The topological polar surface area (TPSA) is 154 Å². The van der Waals surface area contributed by atoms with Crippen LogP contribution in [0.1, 0.15) is 41.9 Å². The fraction of sp³-hybridized carbons (Fsp3) is 0.321. The van der Waals surface area contributed by atoms with Gasteiger partial charge in [-0.15, -0.1) is 0 Å². The summed E-state index contributed by atoms with van der Waals surface area (Å²) in [5.41, 5.74) is 1.66. The average molecular weight is 531 g/mol. The molecule has 0 saturated carbocycles. The highest BCUT2D eigenvalue weighted by Gasteiger charge is 2.32. The first kappa shape index (κ1) is 29.5. The number of carbonyl (C=O) groups excluding carboxylic acids is 3. The van der Waals surface area contributed by atoms with Gasteiger partial charge in [0, 0.05) is 25.2 Å². The van der Waals surface area contributed by atoms with Gasteiger partial charge in [0.2, 0.25) is 11.8 Å². The van der Waals surface area contributed by atoms with E-state index in [1.807, 2.05) is 74.5 Å². The second kappa shape index (κ2) is 14.7. The van der Waals surface area contributed by atoms with Crippen LogP contribution in [0.4, 0.5) is 0 Å². The lowest BCUT2D eigenvalue weighted by Crippen LogP contribution is -2.58. The van der Waals surface area contributed by atoms with Crippen LogP contribution in [0, 0.1) is 5.92 Å². The standard InChI is InChI=1S/C28H34BN5O5/c1-19(2)15-25(29(38)39)34-27(36)23(17-21-11-7-4-8-12-21)32-26(35)22(16-20-9-5-3-6-10-20)33-28(37)24-18-30-13-14-31-24/h3-14,18-19,22-23,25,38-39H,15-17H2,1-2H3,(H,32,35)(H,33,37)(H,34,36)/t22-,23-,25+/m0/s1. The molecule has 11 heteroatoms. The van der Waals surface area contributed by atoms with Crippen molar-refractivity contribution in [3.05, 3.63) is 96.1 Å². The summed E-state index contributed by atoms with van der Waals surface area (Å²) in [7, 11) is -1.76. The quantitative estimate of drug-likeness (QED) is 0.207. The third-order valence-corrected chi connectivity index (χ3v) is 6.03. The van der Waals surface area contributed by atoms with Gasteiger partial charge in [0.15, 0.2) is 0 Å². The number of nitrogens with zero attached hydrogens (tertiary/aromatic N) is 2. The second-order valence-corrected chi connectivity index (χ2v) is 9.72. The van der Waals surface area contributed by atoms with Crippen molar-refractivity contribution in [2.24, 2.45) is 5.92 Å². The number of amides is 3. The average Bonchev–Trinajstić information content (AvgIpc) is 2.93. The number of hydrogen-bond donors (Lipinski definition) is 5. The zero-order chi connectivity index (χ0) is 28.2. The first-order valence-electron chi connectivity index (χ1n) is 12.8. The molecule has 0 bridgehead atoms. The van der Waals surface area contributed by atoms with Crippen LogP contribution >= 0.6 is 0 Å². The van der Waals surface area contributed by atoms with Gasteiger partial charge in [0.1, 0.15) is 17.8 Å². The molecule has 0 aliphatic carbocycles. The molecule has 0 aliphatic heterocycles. The lowest BCUT2D eigenvalue weighted by molar-refractivity contribution is -0.130. The normalized spacial score (nSPS) is 13.2. The highest BCUT2D eigenvalue weighted by molar-refractivity contribution is 6.43. The second-order valence-electron chi connectivity index (χ2n) is 9.72. The number of aromatic nitrogens is 2. The van der Waals surface area contributed by atoms with Gasteiger partial charge in [-0.05, 0) is 23.5 Å². The molecule has 0 saturated heterocycles. The molecule has 1 heterocycles. The van der Waals surface area contributed by atoms with Crippen LogP contribution in [0.5, 0.6) is 0 Å². The molecular formula is C28H34BN5O5. The summed E-state index contributed by atoms with van der Waals surface area (Å²) in [6.45, 7) is 3.80. The van der Waals surface area contributed by atoms with E-state index < -0.39 is 42.9 Å². The zero-order valence-corrected chi connectivity index (χ0v) is 22.0. The predicted molar refractivity (Wildman–Crippen MR) is 147 cm³/mol. The monoisotopic (exact) mass is 531 g/mol. The molecule has 0 aliphatic rings. The van der Waals surface area contributed by atoms with E-state index in [0.717, 1.165) is 11.1 Å². The van der Waals surface area contributed by atoms with Crippen molar-refractivity contribution >= 4 is 24.8 Å². The maximum absolute atomic E-state index is 13.6. The number of nitrogens with one attached hydrogen (secondary N) is 3. The summed E-state index contributed by atoms with van der Waals surface area (Å²) >= 11 is 0. The van der Waals surface area contributed by atoms with Gasteiger partial charge in [-0.1, -0.05) is 74.5 Å². The molecule has 0 fully saturated rings. The molecule has 204 valence electrons. The summed E-state index contributed by atoms with van der Waals surface area (Å²) in [4.78, 5) is 47.7. The van der Waals surface area contributed by atoms with Gasteiger partial charge in [-0.25, -0.2) is 4.98 Å². The van der Waals surface area contributed by atoms with Crippen LogP contribution in [0.3, 0.4) is 0 Å². The highest BCUT2D eigenvalue weighted by atomic mass is 16.4. The Bertz CT molecular complexity index is 1200. The van der Waals surface area contributed by atoms with E-state index in [1.165, 1.54) is 18.6 Å². The van der Waals surface area contributed by atoms with Gasteiger partial charge < -0.3 is 26.0 Å². The van der Waals surface area contributed by atoms with E-state index in [0.29, 0.717) is 6.42 Å². The van der Waals surface area contributed by atoms with E-state index >= 15 is 0 Å². The van der Waals surface area contributed by atoms with E-state index in [-0.39, 0.29) is 24.5 Å². The first-order chi connectivity index (χ1) is 18.7. The van der Waals surface area contributed by atoms with Crippen LogP contribution in [0.25, 0.3) is 0 Å². The van der Waals surface area contributed by atoms with Crippen LogP contribution < -0.4 is 16.0 Å². The van der Waals surface area contributed by atoms with Crippen molar-refractivity contribution < 1.29 is 24.4 Å². The Labute approximate surface area is 228 Å². The predicted octanol–water partition coefficient (Wildman–Crippen LogP) is 1.09. The third kappa shape index (κ3) is 9.62. The molecule has 0 spiro atoms. The van der Waals surface area contributed by atoms with Gasteiger partial charge in [0.25, 0.3) is 5.91 Å². The Morgan fingerprint density at radius 2 is 1.33 bits per heavy atom. The molecule has 3 aromatic rings. The number of benzene rings is 2. The molecule has 3 atom stereocenters. The molecule has 1 aromatic heterocycles. The molecule has 3 rings (SSSR count). The van der Waals surface area contributed by atoms with Gasteiger partial charge in [0.05, 0.1) is 12.1 Å². The van der Waals surface area contributed by atoms with E-state index in [4.69, 9.17) is 0 Å². The molecule has 5 N–H and O–H groups in total. The Balaban J connectivity index is 1.84. The van der Waals surface area contributed by atoms with Crippen molar-refractivity contribution in [3.8, 4) is 0 Å². The molecule has 0 unspecified atom stereocenters. The van der Waals surface area contributed by atoms with Gasteiger partial charge in [-0.2, -0.15) is 0 Å². The summed E-state index contributed by atoms with van der Waals surface area (Å²) in [6, 6.07) is 16.3. The maximum Gasteiger partial charge on any atom is 0.475 e. The molecule has 3 amide bonds. The zero-order valence-electron chi connectivity index (χ0n) is 22.0. The lowest BCUT2D eigenvalue weighted by Gasteiger charge is -2.26. The highest BCUT2D eigenvalue weighted by Crippen LogP contribution is 2.10. The van der Waals surface area contributed by atoms with E-state index in [9.17, 15) is 24.4 Å². The third-order valence-electron chi connectivity index (χ3n) is 6.03.